The first-order chi connectivity index (χ1) is 7.57. The van der Waals surface area contributed by atoms with E-state index < -0.39 is 0 Å². The normalized spacial score (nSPS) is 12.8. The Morgan fingerprint density at radius 1 is 1.44 bits per heavy atom. The van der Waals surface area contributed by atoms with Gasteiger partial charge in [0.2, 0.25) is 5.91 Å². The van der Waals surface area contributed by atoms with Crippen molar-refractivity contribution in [2.75, 3.05) is 7.05 Å². The maximum Gasteiger partial charge on any atom is 0.246 e. The molecule has 1 rings (SSSR count). The van der Waals surface area contributed by atoms with Crippen molar-refractivity contribution in [3.05, 3.63) is 47.0 Å². The van der Waals surface area contributed by atoms with Crippen LogP contribution in [0.4, 0.5) is 0 Å². The highest BCUT2D eigenvalue weighted by Crippen LogP contribution is 2.26. The van der Waals surface area contributed by atoms with Crippen molar-refractivity contribution >= 4 is 17.5 Å². The molecule has 1 aromatic rings. The van der Waals surface area contributed by atoms with Gasteiger partial charge in [0.15, 0.2) is 0 Å². The van der Waals surface area contributed by atoms with Crippen LogP contribution in [-0.4, -0.2) is 17.9 Å². The number of carbonyl (C=O) groups is 1. The molecule has 1 unspecified atom stereocenters. The zero-order valence-corrected chi connectivity index (χ0v) is 10.5. The van der Waals surface area contributed by atoms with Gasteiger partial charge in [0, 0.05) is 12.1 Å². The molecular weight excluding hydrogens is 222 g/mol. The van der Waals surface area contributed by atoms with Crippen LogP contribution in [0.2, 0.25) is 5.02 Å². The van der Waals surface area contributed by atoms with E-state index in [1.807, 2.05) is 38.1 Å². The van der Waals surface area contributed by atoms with Gasteiger partial charge in [-0.15, -0.1) is 0 Å². The molecule has 1 amide bonds. The highest BCUT2D eigenvalue weighted by Gasteiger charge is 2.16. The molecule has 1 atom stereocenters. The van der Waals surface area contributed by atoms with Crippen LogP contribution in [0.5, 0.6) is 0 Å². The predicted octanol–water partition coefficient (Wildman–Crippen LogP) is 3.44. The minimum absolute atomic E-state index is 0.0186. The lowest BCUT2D eigenvalue weighted by Crippen LogP contribution is -2.28. The number of benzene rings is 1. The molecule has 0 N–H and O–H groups in total. The largest absolute Gasteiger partial charge is 0.335 e. The first kappa shape index (κ1) is 12.8. The van der Waals surface area contributed by atoms with E-state index in [0.29, 0.717) is 5.02 Å². The summed E-state index contributed by atoms with van der Waals surface area (Å²) in [4.78, 5) is 13.3. The quantitative estimate of drug-likeness (QED) is 0.738. The summed E-state index contributed by atoms with van der Waals surface area (Å²) in [5, 5.41) is 0.690. The molecule has 0 aliphatic carbocycles. The minimum atomic E-state index is -0.0302. The van der Waals surface area contributed by atoms with Crippen LogP contribution < -0.4 is 0 Å². The first-order valence-corrected chi connectivity index (χ1v) is 5.59. The molecule has 16 heavy (non-hydrogen) atoms. The molecule has 1 aromatic carbocycles. The van der Waals surface area contributed by atoms with Crippen molar-refractivity contribution in [1.29, 1.82) is 0 Å². The molecule has 0 spiro atoms. The number of nitrogens with zero attached hydrogens (tertiary/aromatic N) is 1. The second-order valence-corrected chi connectivity index (χ2v) is 4.05. The zero-order valence-electron chi connectivity index (χ0n) is 9.77. The van der Waals surface area contributed by atoms with Crippen LogP contribution in [0.3, 0.4) is 0 Å². The zero-order chi connectivity index (χ0) is 12.1. The Labute approximate surface area is 102 Å². The van der Waals surface area contributed by atoms with E-state index in [9.17, 15) is 4.79 Å². The van der Waals surface area contributed by atoms with E-state index in [4.69, 9.17) is 11.6 Å². The van der Waals surface area contributed by atoms with Crippen molar-refractivity contribution in [3.63, 3.8) is 0 Å². The number of amides is 1. The fourth-order valence-corrected chi connectivity index (χ4v) is 1.77. The molecule has 0 radical (unpaired) electrons. The maximum atomic E-state index is 11.7. The molecule has 0 aliphatic rings. The van der Waals surface area contributed by atoms with Crippen molar-refractivity contribution in [1.82, 2.24) is 4.90 Å². The van der Waals surface area contributed by atoms with Crippen LogP contribution in [0.1, 0.15) is 25.5 Å². The van der Waals surface area contributed by atoms with E-state index in [1.165, 1.54) is 0 Å². The molecule has 0 saturated carbocycles. The lowest BCUT2D eigenvalue weighted by molar-refractivity contribution is -0.126. The smallest absolute Gasteiger partial charge is 0.246 e. The Bertz CT molecular complexity index is 401. The summed E-state index contributed by atoms with van der Waals surface area (Å²) in [5.74, 6) is -0.0186. The van der Waals surface area contributed by atoms with Gasteiger partial charge in [0.1, 0.15) is 0 Å². The lowest BCUT2D eigenvalue weighted by Gasteiger charge is -2.24. The number of halogens is 1. The second kappa shape index (κ2) is 5.71. The highest BCUT2D eigenvalue weighted by molar-refractivity contribution is 6.31. The number of rotatable bonds is 3. The molecule has 2 nitrogen and oxygen atoms in total. The Kier molecular flexibility index (Phi) is 4.56. The third kappa shape index (κ3) is 2.86. The van der Waals surface area contributed by atoms with Gasteiger partial charge in [-0.3, -0.25) is 4.79 Å². The maximum absolute atomic E-state index is 11.7. The fourth-order valence-electron chi connectivity index (χ4n) is 1.47. The molecule has 0 aromatic heterocycles. The molecule has 0 heterocycles. The lowest BCUT2D eigenvalue weighted by atomic mass is 10.1. The Hall–Kier alpha value is -1.28. The minimum Gasteiger partial charge on any atom is -0.335 e. The summed E-state index contributed by atoms with van der Waals surface area (Å²) >= 11 is 6.09. The van der Waals surface area contributed by atoms with Gasteiger partial charge in [0.05, 0.1) is 6.04 Å². The number of hydrogen-bond acceptors (Lipinski definition) is 1. The summed E-state index contributed by atoms with van der Waals surface area (Å²) < 4.78 is 0. The molecule has 0 aliphatic heterocycles. The Morgan fingerprint density at radius 2 is 2.06 bits per heavy atom. The van der Waals surface area contributed by atoms with Crippen LogP contribution in [0, 0.1) is 0 Å². The van der Waals surface area contributed by atoms with Crippen LogP contribution >= 0.6 is 11.6 Å². The second-order valence-electron chi connectivity index (χ2n) is 3.65. The molecule has 0 saturated heterocycles. The number of allylic oxidation sites excluding steroid dienone is 1. The average Bonchev–Trinajstić information content (AvgIpc) is 2.28. The monoisotopic (exact) mass is 237 g/mol. The standard InChI is InChI=1S/C13H16ClNO/c1-4-7-13(16)15(3)10(2)11-8-5-6-9-12(11)14/h4-10H,1-3H3. The topological polar surface area (TPSA) is 20.3 Å². The van der Waals surface area contributed by atoms with E-state index in [2.05, 4.69) is 0 Å². The van der Waals surface area contributed by atoms with Gasteiger partial charge in [-0.2, -0.15) is 0 Å². The summed E-state index contributed by atoms with van der Waals surface area (Å²) in [5.41, 5.74) is 0.963. The Morgan fingerprint density at radius 3 is 2.62 bits per heavy atom. The predicted molar refractivity (Wildman–Crippen MR) is 67.5 cm³/mol. The van der Waals surface area contributed by atoms with Gasteiger partial charge in [-0.25, -0.2) is 0 Å². The van der Waals surface area contributed by atoms with Crippen molar-refractivity contribution in [3.8, 4) is 0 Å². The molecule has 0 bridgehead atoms. The SMILES string of the molecule is CC=CC(=O)N(C)C(C)c1ccccc1Cl. The van der Waals surface area contributed by atoms with Gasteiger partial charge in [-0.05, 0) is 31.6 Å². The fraction of sp³-hybridized carbons (Fsp3) is 0.308. The van der Waals surface area contributed by atoms with Gasteiger partial charge in [0.25, 0.3) is 0 Å². The van der Waals surface area contributed by atoms with Crippen LogP contribution in [-0.2, 0) is 4.79 Å². The van der Waals surface area contributed by atoms with E-state index >= 15 is 0 Å². The van der Waals surface area contributed by atoms with Gasteiger partial charge in [-0.1, -0.05) is 35.9 Å². The molecular formula is C13H16ClNO. The van der Waals surface area contributed by atoms with E-state index in [-0.39, 0.29) is 11.9 Å². The summed E-state index contributed by atoms with van der Waals surface area (Å²) in [6.07, 6.45) is 3.28. The number of likely N-dealkylation sites (N-methyl/N-ethyl adjacent to an activating group) is 1. The molecule has 0 fully saturated rings. The van der Waals surface area contributed by atoms with Crippen molar-refractivity contribution in [2.24, 2.45) is 0 Å². The third-order valence-corrected chi connectivity index (χ3v) is 2.94. The third-order valence-electron chi connectivity index (χ3n) is 2.59. The first-order valence-electron chi connectivity index (χ1n) is 5.21. The Balaban J connectivity index is 2.90. The van der Waals surface area contributed by atoms with Crippen LogP contribution in [0.15, 0.2) is 36.4 Å². The van der Waals surface area contributed by atoms with Gasteiger partial charge < -0.3 is 4.90 Å². The average molecular weight is 238 g/mol. The molecule has 3 heteroatoms. The van der Waals surface area contributed by atoms with E-state index in [1.54, 1.807) is 24.1 Å². The number of carbonyl (C=O) groups excluding carboxylic acids is 1. The van der Waals surface area contributed by atoms with E-state index in [0.717, 1.165) is 5.56 Å². The van der Waals surface area contributed by atoms with Crippen molar-refractivity contribution < 1.29 is 4.79 Å². The number of hydrogen-bond donors (Lipinski definition) is 0. The van der Waals surface area contributed by atoms with Gasteiger partial charge >= 0.3 is 0 Å². The van der Waals surface area contributed by atoms with Crippen LogP contribution in [0.25, 0.3) is 0 Å². The summed E-state index contributed by atoms with van der Waals surface area (Å²) in [7, 11) is 1.77. The highest BCUT2D eigenvalue weighted by atomic mass is 35.5. The van der Waals surface area contributed by atoms with Crippen molar-refractivity contribution in [2.45, 2.75) is 19.9 Å². The summed E-state index contributed by atoms with van der Waals surface area (Å²) in [6, 6.07) is 7.55. The molecule has 86 valence electrons. The summed E-state index contributed by atoms with van der Waals surface area (Å²) in [6.45, 7) is 3.79.